The number of hydrogen-bond donors (Lipinski definition) is 1. The number of ether oxygens (including phenoxy) is 1. The van der Waals surface area contributed by atoms with Crippen molar-refractivity contribution in [3.63, 3.8) is 0 Å². The molecule has 0 atom stereocenters. The van der Waals surface area contributed by atoms with E-state index in [2.05, 4.69) is 4.74 Å². The van der Waals surface area contributed by atoms with Crippen molar-refractivity contribution < 1.29 is 4.74 Å². The summed E-state index contributed by atoms with van der Waals surface area (Å²) in [6.07, 6.45) is 0. The lowest BCUT2D eigenvalue weighted by atomic mass is 10.7. The molecule has 0 bridgehead atoms. The number of alkyl halides is 1. The summed E-state index contributed by atoms with van der Waals surface area (Å²) in [4.78, 5) is 0. The second-order valence-corrected chi connectivity index (χ2v) is 1.26. The standard InChI is InChI=1S/C4H8ClNO.ClH/c1-2-7-4(6)3-5;/h6H,2-3H2,1H3;1H. The fourth-order valence-corrected chi connectivity index (χ4v) is 0.290. The molecule has 0 amide bonds. The normalized spacial score (nSPS) is 7.25. The van der Waals surface area contributed by atoms with Crippen LogP contribution in [0.25, 0.3) is 0 Å². The monoisotopic (exact) mass is 157 g/mol. The van der Waals surface area contributed by atoms with Gasteiger partial charge >= 0.3 is 0 Å². The smallest absolute Gasteiger partial charge is 0.195 e. The molecule has 0 unspecified atom stereocenters. The van der Waals surface area contributed by atoms with E-state index in [1.165, 1.54) is 0 Å². The van der Waals surface area contributed by atoms with Gasteiger partial charge in [0.1, 0.15) is 0 Å². The van der Waals surface area contributed by atoms with E-state index in [0.29, 0.717) is 6.61 Å². The molecule has 0 aromatic rings. The zero-order chi connectivity index (χ0) is 5.70. The first-order chi connectivity index (χ1) is 3.31. The van der Waals surface area contributed by atoms with Gasteiger partial charge < -0.3 is 4.74 Å². The molecule has 4 heteroatoms. The Bertz CT molecular complexity index is 67.1. The van der Waals surface area contributed by atoms with Gasteiger partial charge in [0.05, 0.1) is 12.5 Å². The molecule has 8 heavy (non-hydrogen) atoms. The molecule has 1 N–H and O–H groups in total. The average molecular weight is 158 g/mol. The quantitative estimate of drug-likeness (QED) is 0.370. The van der Waals surface area contributed by atoms with Gasteiger partial charge in [-0.05, 0) is 6.92 Å². The molecule has 50 valence electrons. The molecule has 0 spiro atoms. The minimum absolute atomic E-state index is 0. The van der Waals surface area contributed by atoms with Crippen LogP contribution in [0.3, 0.4) is 0 Å². The Morgan fingerprint density at radius 3 is 2.38 bits per heavy atom. The van der Waals surface area contributed by atoms with Crippen molar-refractivity contribution in [2.75, 3.05) is 12.5 Å². The van der Waals surface area contributed by atoms with Gasteiger partial charge in [0.2, 0.25) is 0 Å². The van der Waals surface area contributed by atoms with E-state index in [1.54, 1.807) is 0 Å². The van der Waals surface area contributed by atoms with E-state index in [1.807, 2.05) is 6.92 Å². The molecule has 0 heterocycles. The van der Waals surface area contributed by atoms with Gasteiger partial charge in [-0.25, -0.2) is 0 Å². The molecule has 0 aliphatic carbocycles. The average Bonchev–Trinajstić information content (AvgIpc) is 1.68. The minimum Gasteiger partial charge on any atom is -0.481 e. The topological polar surface area (TPSA) is 33.1 Å². The predicted molar refractivity (Wildman–Crippen MR) is 37.3 cm³/mol. The highest BCUT2D eigenvalue weighted by Gasteiger charge is 1.87. The van der Waals surface area contributed by atoms with E-state index < -0.39 is 0 Å². The van der Waals surface area contributed by atoms with Crippen LogP contribution in [0.2, 0.25) is 0 Å². The van der Waals surface area contributed by atoms with Gasteiger partial charge in [0.15, 0.2) is 5.90 Å². The summed E-state index contributed by atoms with van der Waals surface area (Å²) >= 11 is 5.18. The highest BCUT2D eigenvalue weighted by molar-refractivity contribution is 6.26. The number of halogens is 2. The maximum absolute atomic E-state index is 6.78. The Morgan fingerprint density at radius 2 is 2.25 bits per heavy atom. The molecule has 0 saturated heterocycles. The Morgan fingerprint density at radius 1 is 1.75 bits per heavy atom. The number of hydrogen-bond acceptors (Lipinski definition) is 2. The minimum atomic E-state index is 0. The molecule has 0 saturated carbocycles. The lowest BCUT2D eigenvalue weighted by Gasteiger charge is -1.96. The molecular formula is C4H9Cl2NO. The molecule has 0 aromatic carbocycles. The summed E-state index contributed by atoms with van der Waals surface area (Å²) in [7, 11) is 0. The van der Waals surface area contributed by atoms with Crippen LogP contribution in [-0.4, -0.2) is 18.4 Å². The summed E-state index contributed by atoms with van der Waals surface area (Å²) < 4.78 is 4.64. The Balaban J connectivity index is 0. The van der Waals surface area contributed by atoms with Gasteiger partial charge in [-0.1, -0.05) is 0 Å². The lowest BCUT2D eigenvalue weighted by molar-refractivity contribution is 0.322. The largest absolute Gasteiger partial charge is 0.481 e. The predicted octanol–water partition coefficient (Wildman–Crippen LogP) is 1.66. The highest BCUT2D eigenvalue weighted by Crippen LogP contribution is 1.80. The summed E-state index contributed by atoms with van der Waals surface area (Å²) in [5, 5.41) is 6.78. The second-order valence-electron chi connectivity index (χ2n) is 0.990. The zero-order valence-electron chi connectivity index (χ0n) is 4.61. The maximum atomic E-state index is 6.78. The Kier molecular flexibility index (Phi) is 9.63. The molecule has 0 aliphatic heterocycles. The van der Waals surface area contributed by atoms with E-state index in [-0.39, 0.29) is 24.2 Å². The molecule has 0 fully saturated rings. The van der Waals surface area contributed by atoms with Gasteiger partial charge in [-0.2, -0.15) is 0 Å². The van der Waals surface area contributed by atoms with Crippen LogP contribution in [0.4, 0.5) is 0 Å². The van der Waals surface area contributed by atoms with Crippen molar-refractivity contribution >= 4 is 29.9 Å². The van der Waals surface area contributed by atoms with E-state index in [4.69, 9.17) is 17.0 Å². The third kappa shape index (κ3) is 6.05. The van der Waals surface area contributed by atoms with Crippen molar-refractivity contribution in [2.45, 2.75) is 6.92 Å². The van der Waals surface area contributed by atoms with Gasteiger partial charge in [0, 0.05) is 0 Å². The van der Waals surface area contributed by atoms with Crippen LogP contribution >= 0.6 is 24.0 Å². The maximum Gasteiger partial charge on any atom is 0.195 e. The second kappa shape index (κ2) is 7.05. The van der Waals surface area contributed by atoms with Crippen molar-refractivity contribution in [1.82, 2.24) is 0 Å². The first-order valence-electron chi connectivity index (χ1n) is 2.07. The van der Waals surface area contributed by atoms with Gasteiger partial charge in [-0.15, -0.1) is 24.0 Å². The molecular weight excluding hydrogens is 149 g/mol. The van der Waals surface area contributed by atoms with Crippen LogP contribution in [0.5, 0.6) is 0 Å². The number of nitrogens with one attached hydrogen (secondary N) is 1. The fraction of sp³-hybridized carbons (Fsp3) is 0.750. The molecule has 2 nitrogen and oxygen atoms in total. The van der Waals surface area contributed by atoms with Crippen molar-refractivity contribution in [3.8, 4) is 0 Å². The van der Waals surface area contributed by atoms with Crippen LogP contribution in [-0.2, 0) is 4.74 Å². The Labute approximate surface area is 60.1 Å². The summed E-state index contributed by atoms with van der Waals surface area (Å²) in [5.41, 5.74) is 0. The van der Waals surface area contributed by atoms with Crippen molar-refractivity contribution in [2.24, 2.45) is 0 Å². The van der Waals surface area contributed by atoms with E-state index in [9.17, 15) is 0 Å². The van der Waals surface area contributed by atoms with Crippen LogP contribution in [0.15, 0.2) is 0 Å². The van der Waals surface area contributed by atoms with Gasteiger partial charge in [0.25, 0.3) is 0 Å². The summed E-state index contributed by atoms with van der Waals surface area (Å²) in [6, 6.07) is 0. The van der Waals surface area contributed by atoms with E-state index >= 15 is 0 Å². The third-order valence-corrected chi connectivity index (χ3v) is 0.683. The molecule has 0 aliphatic rings. The van der Waals surface area contributed by atoms with Crippen LogP contribution in [0.1, 0.15) is 6.92 Å². The van der Waals surface area contributed by atoms with E-state index in [0.717, 1.165) is 0 Å². The van der Waals surface area contributed by atoms with Crippen molar-refractivity contribution in [1.29, 1.82) is 5.41 Å². The van der Waals surface area contributed by atoms with Gasteiger partial charge in [-0.3, -0.25) is 5.41 Å². The summed E-state index contributed by atoms with van der Waals surface area (Å²) in [5.74, 6) is 0.317. The molecule has 0 aromatic heterocycles. The molecule has 0 rings (SSSR count). The number of rotatable bonds is 2. The van der Waals surface area contributed by atoms with Crippen LogP contribution in [0, 0.1) is 5.41 Å². The summed E-state index contributed by atoms with van der Waals surface area (Å²) in [6.45, 7) is 2.35. The van der Waals surface area contributed by atoms with Crippen molar-refractivity contribution in [3.05, 3.63) is 0 Å². The highest BCUT2D eigenvalue weighted by atomic mass is 35.5. The zero-order valence-corrected chi connectivity index (χ0v) is 6.18. The first-order valence-corrected chi connectivity index (χ1v) is 2.61. The SMILES string of the molecule is CCOC(=N)CCl.Cl. The van der Waals surface area contributed by atoms with Crippen LogP contribution < -0.4 is 0 Å². The molecule has 0 radical (unpaired) electrons. The third-order valence-electron chi connectivity index (χ3n) is 0.440. The lowest BCUT2D eigenvalue weighted by Crippen LogP contribution is -2.02. The fourth-order valence-electron chi connectivity index (χ4n) is 0.213. The Hall–Kier alpha value is 0.0500. The first kappa shape index (κ1) is 10.9.